The van der Waals surface area contributed by atoms with Gasteiger partial charge in [-0.15, -0.1) is 11.3 Å². The standard InChI is InChI=1S/C15H15F3N2OS/c1-14(2,3)20-12(21)11-8-22-13(19-11)9-4-6-10(7-5-9)15(16,17)18/h4-8H,1-3H3,(H,20,21). The van der Waals surface area contributed by atoms with E-state index in [0.29, 0.717) is 10.6 Å². The average molecular weight is 328 g/mol. The van der Waals surface area contributed by atoms with Gasteiger partial charge in [-0.25, -0.2) is 4.98 Å². The number of nitrogens with zero attached hydrogens (tertiary/aromatic N) is 1. The van der Waals surface area contributed by atoms with Crippen LogP contribution in [-0.4, -0.2) is 16.4 Å². The highest BCUT2D eigenvalue weighted by atomic mass is 32.1. The normalized spacial score (nSPS) is 12.3. The molecule has 1 amide bonds. The summed E-state index contributed by atoms with van der Waals surface area (Å²) >= 11 is 1.22. The zero-order valence-electron chi connectivity index (χ0n) is 12.3. The van der Waals surface area contributed by atoms with Gasteiger partial charge in [-0.05, 0) is 32.9 Å². The topological polar surface area (TPSA) is 42.0 Å². The molecule has 1 heterocycles. The lowest BCUT2D eigenvalue weighted by Gasteiger charge is -2.19. The number of amides is 1. The molecule has 0 fully saturated rings. The Balaban J connectivity index is 2.20. The van der Waals surface area contributed by atoms with E-state index < -0.39 is 11.7 Å². The summed E-state index contributed by atoms with van der Waals surface area (Å²) in [6.07, 6.45) is -4.36. The largest absolute Gasteiger partial charge is 0.416 e. The van der Waals surface area contributed by atoms with Crippen LogP contribution in [0.15, 0.2) is 29.6 Å². The first-order valence-electron chi connectivity index (χ1n) is 6.52. The van der Waals surface area contributed by atoms with Crippen LogP contribution in [0.1, 0.15) is 36.8 Å². The van der Waals surface area contributed by atoms with Crippen molar-refractivity contribution in [3.05, 3.63) is 40.9 Å². The van der Waals surface area contributed by atoms with Gasteiger partial charge in [-0.2, -0.15) is 13.2 Å². The molecule has 7 heteroatoms. The first-order valence-corrected chi connectivity index (χ1v) is 7.40. The van der Waals surface area contributed by atoms with Gasteiger partial charge in [0.05, 0.1) is 5.56 Å². The van der Waals surface area contributed by atoms with Gasteiger partial charge < -0.3 is 5.32 Å². The van der Waals surface area contributed by atoms with Crippen molar-refractivity contribution < 1.29 is 18.0 Å². The molecule has 0 unspecified atom stereocenters. The predicted octanol–water partition coefficient (Wildman–Crippen LogP) is 4.36. The Kier molecular flexibility index (Phi) is 4.28. The summed E-state index contributed by atoms with van der Waals surface area (Å²) in [4.78, 5) is 16.2. The number of alkyl halides is 3. The lowest BCUT2D eigenvalue weighted by atomic mass is 10.1. The van der Waals surface area contributed by atoms with Gasteiger partial charge in [0.25, 0.3) is 5.91 Å². The smallest absolute Gasteiger partial charge is 0.346 e. The van der Waals surface area contributed by atoms with Crippen molar-refractivity contribution in [2.45, 2.75) is 32.5 Å². The van der Waals surface area contributed by atoms with Crippen molar-refractivity contribution in [1.82, 2.24) is 10.3 Å². The Morgan fingerprint density at radius 3 is 2.23 bits per heavy atom. The van der Waals surface area contributed by atoms with E-state index in [0.717, 1.165) is 12.1 Å². The SMILES string of the molecule is CC(C)(C)NC(=O)c1csc(-c2ccc(C(F)(F)F)cc2)n1. The van der Waals surface area contributed by atoms with Crippen LogP contribution in [0.2, 0.25) is 0 Å². The summed E-state index contributed by atoms with van der Waals surface area (Å²) in [6, 6.07) is 4.72. The van der Waals surface area contributed by atoms with Crippen molar-refractivity contribution in [1.29, 1.82) is 0 Å². The molecule has 3 nitrogen and oxygen atoms in total. The van der Waals surface area contributed by atoms with Gasteiger partial charge in [-0.1, -0.05) is 12.1 Å². The third kappa shape index (κ3) is 4.07. The summed E-state index contributed by atoms with van der Waals surface area (Å²) in [5.74, 6) is -0.304. The number of halogens is 3. The van der Waals surface area contributed by atoms with E-state index >= 15 is 0 Å². The Hall–Kier alpha value is -1.89. The van der Waals surface area contributed by atoms with E-state index in [1.54, 1.807) is 5.38 Å². The summed E-state index contributed by atoms with van der Waals surface area (Å²) in [5.41, 5.74) is -0.281. The molecule has 0 aliphatic heterocycles. The average Bonchev–Trinajstić information content (AvgIpc) is 2.85. The zero-order valence-corrected chi connectivity index (χ0v) is 13.1. The number of aromatic nitrogens is 1. The second-order valence-corrected chi connectivity index (χ2v) is 6.68. The van der Waals surface area contributed by atoms with Gasteiger partial charge in [0.2, 0.25) is 0 Å². The van der Waals surface area contributed by atoms with Crippen LogP contribution in [0.3, 0.4) is 0 Å². The molecule has 1 N–H and O–H groups in total. The number of rotatable bonds is 2. The van der Waals surface area contributed by atoms with Crippen LogP contribution in [0.25, 0.3) is 10.6 Å². The minimum absolute atomic E-state index is 0.259. The highest BCUT2D eigenvalue weighted by Crippen LogP contribution is 2.31. The molecule has 118 valence electrons. The second-order valence-electron chi connectivity index (χ2n) is 5.82. The van der Waals surface area contributed by atoms with E-state index in [1.807, 2.05) is 20.8 Å². The van der Waals surface area contributed by atoms with Gasteiger partial charge >= 0.3 is 6.18 Å². The molecule has 1 aromatic carbocycles. The lowest BCUT2D eigenvalue weighted by Crippen LogP contribution is -2.40. The second kappa shape index (κ2) is 5.72. The molecule has 0 atom stereocenters. The molecule has 1 aromatic heterocycles. The molecule has 0 bridgehead atoms. The maximum absolute atomic E-state index is 12.5. The quantitative estimate of drug-likeness (QED) is 0.890. The van der Waals surface area contributed by atoms with E-state index in [4.69, 9.17) is 0 Å². The maximum atomic E-state index is 12.5. The summed E-state index contributed by atoms with van der Waals surface area (Å²) in [6.45, 7) is 5.57. The zero-order chi connectivity index (χ0) is 16.5. The van der Waals surface area contributed by atoms with Crippen LogP contribution >= 0.6 is 11.3 Å². The molecule has 0 aliphatic rings. The van der Waals surface area contributed by atoms with E-state index in [9.17, 15) is 18.0 Å². The molecule has 0 saturated carbocycles. The minimum Gasteiger partial charge on any atom is -0.346 e. The summed E-state index contributed by atoms with van der Waals surface area (Å²) in [7, 11) is 0. The molecule has 0 radical (unpaired) electrons. The molecular formula is C15H15F3N2OS. The lowest BCUT2D eigenvalue weighted by molar-refractivity contribution is -0.137. The summed E-state index contributed by atoms with van der Waals surface area (Å²) in [5, 5.41) is 4.88. The molecule has 0 saturated heterocycles. The number of nitrogens with one attached hydrogen (secondary N) is 1. The van der Waals surface area contributed by atoms with Gasteiger partial charge in [0, 0.05) is 16.5 Å². The first kappa shape index (κ1) is 16.5. The first-order chi connectivity index (χ1) is 10.1. The Labute approximate surface area is 130 Å². The van der Waals surface area contributed by atoms with Crippen molar-refractivity contribution in [2.24, 2.45) is 0 Å². The monoisotopic (exact) mass is 328 g/mol. The fourth-order valence-electron chi connectivity index (χ4n) is 1.72. The minimum atomic E-state index is -4.36. The van der Waals surface area contributed by atoms with Gasteiger partial charge in [0.1, 0.15) is 10.7 Å². The van der Waals surface area contributed by atoms with Gasteiger partial charge in [-0.3, -0.25) is 4.79 Å². The molecule has 22 heavy (non-hydrogen) atoms. The van der Waals surface area contributed by atoms with Crippen LogP contribution in [0.4, 0.5) is 13.2 Å². The van der Waals surface area contributed by atoms with E-state index in [1.165, 1.54) is 23.5 Å². The van der Waals surface area contributed by atoms with Crippen molar-refractivity contribution in [3.8, 4) is 10.6 Å². The molecule has 0 spiro atoms. The maximum Gasteiger partial charge on any atom is 0.416 e. The van der Waals surface area contributed by atoms with Crippen molar-refractivity contribution in [3.63, 3.8) is 0 Å². The third-order valence-electron chi connectivity index (χ3n) is 2.68. The molecule has 2 aromatic rings. The van der Waals surface area contributed by atoms with E-state index in [2.05, 4.69) is 10.3 Å². The molecular weight excluding hydrogens is 313 g/mol. The molecule has 0 aliphatic carbocycles. The van der Waals surface area contributed by atoms with E-state index in [-0.39, 0.29) is 17.1 Å². The molecule has 2 rings (SSSR count). The number of carbonyl (C=O) groups excluding carboxylic acids is 1. The number of benzene rings is 1. The Bertz CT molecular complexity index is 669. The van der Waals surface area contributed by atoms with Crippen LogP contribution in [0.5, 0.6) is 0 Å². The van der Waals surface area contributed by atoms with Crippen molar-refractivity contribution in [2.75, 3.05) is 0 Å². The van der Waals surface area contributed by atoms with Crippen molar-refractivity contribution >= 4 is 17.2 Å². The van der Waals surface area contributed by atoms with Gasteiger partial charge in [0.15, 0.2) is 0 Å². The number of hydrogen-bond donors (Lipinski definition) is 1. The Morgan fingerprint density at radius 1 is 1.14 bits per heavy atom. The highest BCUT2D eigenvalue weighted by Gasteiger charge is 2.30. The third-order valence-corrected chi connectivity index (χ3v) is 3.58. The van der Waals surface area contributed by atoms with Crippen LogP contribution < -0.4 is 5.32 Å². The fourth-order valence-corrected chi connectivity index (χ4v) is 2.52. The number of hydrogen-bond acceptors (Lipinski definition) is 3. The Morgan fingerprint density at radius 2 is 1.73 bits per heavy atom. The van der Waals surface area contributed by atoms with Crippen LogP contribution in [0, 0.1) is 0 Å². The highest BCUT2D eigenvalue weighted by molar-refractivity contribution is 7.13. The fraction of sp³-hybridized carbons (Fsp3) is 0.333. The van der Waals surface area contributed by atoms with Crippen LogP contribution in [-0.2, 0) is 6.18 Å². The predicted molar refractivity (Wildman–Crippen MR) is 79.8 cm³/mol. The number of thiazole rings is 1. The number of carbonyl (C=O) groups is 1. The summed E-state index contributed by atoms with van der Waals surface area (Å²) < 4.78 is 37.6.